The molecule has 2 rings (SSSR count). The van der Waals surface area contributed by atoms with Gasteiger partial charge in [-0.15, -0.1) is 0 Å². The van der Waals surface area contributed by atoms with E-state index in [9.17, 15) is 0 Å². The summed E-state index contributed by atoms with van der Waals surface area (Å²) in [5, 5.41) is 7.63. The number of hydrogen-bond donors (Lipinski definition) is 1. The fraction of sp³-hybridized carbons (Fsp3) is 0.786. The van der Waals surface area contributed by atoms with Crippen molar-refractivity contribution in [2.24, 2.45) is 7.05 Å². The Kier molecular flexibility index (Phi) is 5.20. The molecular weight excluding hydrogens is 226 g/mol. The zero-order valence-electron chi connectivity index (χ0n) is 11.6. The molecule has 0 aromatic carbocycles. The van der Waals surface area contributed by atoms with Gasteiger partial charge in [-0.3, -0.25) is 4.68 Å². The van der Waals surface area contributed by atoms with Crippen molar-refractivity contribution >= 4 is 0 Å². The van der Waals surface area contributed by atoms with E-state index in [1.165, 1.54) is 25.0 Å². The van der Waals surface area contributed by atoms with E-state index in [4.69, 9.17) is 4.74 Å². The van der Waals surface area contributed by atoms with Crippen LogP contribution in [-0.2, 0) is 18.2 Å². The van der Waals surface area contributed by atoms with Gasteiger partial charge < -0.3 is 10.1 Å². The zero-order valence-corrected chi connectivity index (χ0v) is 11.6. The van der Waals surface area contributed by atoms with Gasteiger partial charge >= 0.3 is 0 Å². The lowest BCUT2D eigenvalue weighted by atomic mass is 9.98. The average molecular weight is 251 g/mol. The monoisotopic (exact) mass is 251 g/mol. The van der Waals surface area contributed by atoms with E-state index < -0.39 is 0 Å². The summed E-state index contributed by atoms with van der Waals surface area (Å²) in [4.78, 5) is 0. The molecule has 18 heavy (non-hydrogen) atoms. The zero-order chi connectivity index (χ0) is 12.8. The molecule has 0 radical (unpaired) electrons. The molecule has 4 nitrogen and oxygen atoms in total. The molecule has 2 unspecified atom stereocenters. The lowest BCUT2D eigenvalue weighted by Crippen LogP contribution is -2.33. The molecule has 1 aromatic heterocycles. The van der Waals surface area contributed by atoms with Crippen molar-refractivity contribution in [1.29, 1.82) is 0 Å². The maximum absolute atomic E-state index is 5.81. The van der Waals surface area contributed by atoms with Crippen LogP contribution in [0.15, 0.2) is 12.3 Å². The smallest absolute Gasteiger partial charge is 0.0590 e. The van der Waals surface area contributed by atoms with Crippen LogP contribution in [0.25, 0.3) is 0 Å². The minimum absolute atomic E-state index is 0.461. The van der Waals surface area contributed by atoms with Gasteiger partial charge in [-0.1, -0.05) is 0 Å². The van der Waals surface area contributed by atoms with Gasteiger partial charge in [0.2, 0.25) is 0 Å². The summed E-state index contributed by atoms with van der Waals surface area (Å²) in [5.41, 5.74) is 1.31. The van der Waals surface area contributed by atoms with Crippen LogP contribution in [0, 0.1) is 0 Å². The minimum Gasteiger partial charge on any atom is -0.378 e. The van der Waals surface area contributed by atoms with Gasteiger partial charge in [-0.2, -0.15) is 5.10 Å². The number of aromatic nitrogens is 2. The lowest BCUT2D eigenvalue weighted by Gasteiger charge is -2.26. The van der Waals surface area contributed by atoms with Crippen molar-refractivity contribution in [2.75, 3.05) is 13.7 Å². The normalized spacial score (nSPS) is 22.0. The van der Waals surface area contributed by atoms with E-state index in [1.807, 2.05) is 17.9 Å². The van der Waals surface area contributed by atoms with Crippen LogP contribution in [0.3, 0.4) is 0 Å². The second kappa shape index (κ2) is 6.90. The lowest BCUT2D eigenvalue weighted by molar-refractivity contribution is 0.00516. The second-order valence-corrected chi connectivity index (χ2v) is 5.19. The molecule has 102 valence electrons. The second-order valence-electron chi connectivity index (χ2n) is 5.19. The number of ether oxygens (including phenoxy) is 1. The van der Waals surface area contributed by atoms with Crippen LogP contribution in [0.4, 0.5) is 0 Å². The topological polar surface area (TPSA) is 39.1 Å². The minimum atomic E-state index is 0.461. The first-order chi connectivity index (χ1) is 8.79. The molecule has 2 atom stereocenters. The van der Waals surface area contributed by atoms with Crippen LogP contribution < -0.4 is 5.32 Å². The molecule has 4 heteroatoms. The van der Waals surface area contributed by atoms with Gasteiger partial charge in [0.15, 0.2) is 0 Å². The van der Waals surface area contributed by atoms with Crippen LogP contribution in [0.5, 0.6) is 0 Å². The van der Waals surface area contributed by atoms with Crippen molar-refractivity contribution in [3.63, 3.8) is 0 Å². The molecule has 1 saturated heterocycles. The molecule has 1 aliphatic heterocycles. The molecule has 0 amide bonds. The first kappa shape index (κ1) is 13.6. The van der Waals surface area contributed by atoms with Crippen molar-refractivity contribution in [3.8, 4) is 0 Å². The first-order valence-corrected chi connectivity index (χ1v) is 7.05. The van der Waals surface area contributed by atoms with Crippen molar-refractivity contribution in [1.82, 2.24) is 15.1 Å². The maximum Gasteiger partial charge on any atom is 0.0590 e. The number of hydrogen-bond acceptors (Lipinski definition) is 3. The molecule has 0 aliphatic carbocycles. The molecule has 1 N–H and O–H groups in total. The van der Waals surface area contributed by atoms with E-state index in [2.05, 4.69) is 23.5 Å². The highest BCUT2D eigenvalue weighted by molar-refractivity contribution is 5.00. The predicted octanol–water partition coefficient (Wildman–Crippen LogP) is 1.90. The highest BCUT2D eigenvalue weighted by Crippen LogP contribution is 2.18. The third-order valence-corrected chi connectivity index (χ3v) is 3.90. The Balaban J connectivity index is 1.76. The molecule has 2 heterocycles. The maximum atomic E-state index is 5.81. The summed E-state index contributed by atoms with van der Waals surface area (Å²) in [6.45, 7) is 0.947. The van der Waals surface area contributed by atoms with Gasteiger partial charge in [-0.25, -0.2) is 0 Å². The largest absolute Gasteiger partial charge is 0.378 e. The molecule has 1 aromatic rings. The van der Waals surface area contributed by atoms with Crippen molar-refractivity contribution in [3.05, 3.63) is 18.0 Å². The highest BCUT2D eigenvalue weighted by atomic mass is 16.5. The summed E-state index contributed by atoms with van der Waals surface area (Å²) in [6.07, 6.45) is 9.47. The summed E-state index contributed by atoms with van der Waals surface area (Å²) in [5.74, 6) is 0. The highest BCUT2D eigenvalue weighted by Gasteiger charge is 2.18. The number of rotatable bonds is 6. The third kappa shape index (κ3) is 3.82. The summed E-state index contributed by atoms with van der Waals surface area (Å²) in [7, 11) is 4.06. The van der Waals surface area contributed by atoms with Crippen LogP contribution in [0.1, 0.15) is 37.8 Å². The summed E-state index contributed by atoms with van der Waals surface area (Å²) < 4.78 is 7.78. The Morgan fingerprint density at radius 2 is 2.44 bits per heavy atom. The number of aryl methyl sites for hydroxylation is 2. The predicted molar refractivity (Wildman–Crippen MR) is 72.6 cm³/mol. The molecule has 1 aliphatic rings. The fourth-order valence-corrected chi connectivity index (χ4v) is 2.66. The number of nitrogens with one attached hydrogen (secondary N) is 1. The Morgan fingerprint density at radius 1 is 1.56 bits per heavy atom. The van der Waals surface area contributed by atoms with E-state index >= 15 is 0 Å². The Morgan fingerprint density at radius 3 is 3.06 bits per heavy atom. The molecular formula is C14H25N3O. The SMILES string of the molecule is CNC(CCc1ccnn1C)CC1CCCCO1. The van der Waals surface area contributed by atoms with Crippen LogP contribution in [0.2, 0.25) is 0 Å². The first-order valence-electron chi connectivity index (χ1n) is 7.05. The Bertz CT molecular complexity index is 345. The standard InChI is InChI=1S/C14H25N3O/c1-15-12(11-14-5-3-4-10-18-14)6-7-13-8-9-16-17(13)2/h8-9,12,14-15H,3-7,10-11H2,1-2H3. The number of nitrogens with zero attached hydrogens (tertiary/aromatic N) is 2. The van der Waals surface area contributed by atoms with Gasteiger partial charge in [0.25, 0.3) is 0 Å². The van der Waals surface area contributed by atoms with E-state index in [-0.39, 0.29) is 0 Å². The van der Waals surface area contributed by atoms with Gasteiger partial charge in [-0.05, 0) is 51.6 Å². The van der Waals surface area contributed by atoms with Crippen molar-refractivity contribution < 1.29 is 4.74 Å². The van der Waals surface area contributed by atoms with E-state index in [0.29, 0.717) is 12.1 Å². The van der Waals surface area contributed by atoms with Gasteiger partial charge in [0.05, 0.1) is 6.10 Å². The van der Waals surface area contributed by atoms with E-state index in [0.717, 1.165) is 25.9 Å². The molecule has 0 bridgehead atoms. The van der Waals surface area contributed by atoms with E-state index in [1.54, 1.807) is 0 Å². The summed E-state index contributed by atoms with van der Waals surface area (Å²) >= 11 is 0. The molecule has 0 spiro atoms. The fourth-order valence-electron chi connectivity index (χ4n) is 2.66. The van der Waals surface area contributed by atoms with Crippen molar-refractivity contribution in [2.45, 2.75) is 50.7 Å². The van der Waals surface area contributed by atoms with Gasteiger partial charge in [0, 0.05) is 31.6 Å². The quantitative estimate of drug-likeness (QED) is 0.839. The summed E-state index contributed by atoms with van der Waals surface area (Å²) in [6, 6.07) is 2.65. The third-order valence-electron chi connectivity index (χ3n) is 3.90. The van der Waals surface area contributed by atoms with Crippen LogP contribution >= 0.6 is 0 Å². The Hall–Kier alpha value is -0.870. The molecule has 1 fully saturated rings. The van der Waals surface area contributed by atoms with Crippen LogP contribution in [-0.4, -0.2) is 35.6 Å². The molecule has 0 saturated carbocycles. The van der Waals surface area contributed by atoms with Gasteiger partial charge in [0.1, 0.15) is 0 Å². The average Bonchev–Trinajstić information content (AvgIpc) is 2.81. The Labute approximate surface area is 110 Å².